The molecule has 0 radical (unpaired) electrons. The van der Waals surface area contributed by atoms with Crippen LogP contribution in [-0.4, -0.2) is 26.4 Å². The van der Waals surface area contributed by atoms with Crippen LogP contribution in [0.2, 0.25) is 0 Å². The number of thioether (sulfide) groups is 1. The fourth-order valence-corrected chi connectivity index (χ4v) is 4.44. The smallest absolute Gasteiger partial charge is 0.234 e. The molecule has 0 atom stereocenters. The van der Waals surface area contributed by atoms with Gasteiger partial charge in [0.05, 0.1) is 5.75 Å². The highest BCUT2D eigenvalue weighted by Gasteiger charge is 2.18. The number of rotatable bonds is 6. The highest BCUT2D eigenvalue weighted by atomic mass is 79.9. The first kappa shape index (κ1) is 22.3. The van der Waals surface area contributed by atoms with E-state index in [1.165, 1.54) is 17.3 Å². The number of aryl methyl sites for hydroxylation is 3. The number of halogens is 1. The Morgan fingerprint density at radius 2 is 1.72 bits per heavy atom. The molecule has 0 unspecified atom stereocenters. The van der Waals surface area contributed by atoms with Crippen LogP contribution in [0.3, 0.4) is 0 Å². The Balaban J connectivity index is 1.60. The molecule has 1 aromatic heterocycles. The Labute approximate surface area is 200 Å². The number of aromatic nitrogens is 3. The van der Waals surface area contributed by atoms with Crippen LogP contribution in [0.5, 0.6) is 0 Å². The Morgan fingerprint density at radius 1 is 0.969 bits per heavy atom. The second-order valence-electron chi connectivity index (χ2n) is 7.64. The number of carbonyl (C=O) groups is 1. The lowest BCUT2D eigenvalue weighted by atomic mass is 10.1. The van der Waals surface area contributed by atoms with E-state index in [0.29, 0.717) is 5.16 Å². The number of hydrogen-bond donors (Lipinski definition) is 1. The first-order valence-electron chi connectivity index (χ1n) is 10.2. The molecule has 0 saturated heterocycles. The van der Waals surface area contributed by atoms with E-state index in [4.69, 9.17) is 0 Å². The van der Waals surface area contributed by atoms with Gasteiger partial charge in [-0.3, -0.25) is 9.36 Å². The van der Waals surface area contributed by atoms with Crippen molar-refractivity contribution in [1.82, 2.24) is 14.8 Å². The van der Waals surface area contributed by atoms with E-state index in [1.807, 2.05) is 66.9 Å². The summed E-state index contributed by atoms with van der Waals surface area (Å²) in [6.07, 6.45) is 0. The second-order valence-corrected chi connectivity index (χ2v) is 9.50. The minimum Gasteiger partial charge on any atom is -0.325 e. The molecule has 0 spiro atoms. The van der Waals surface area contributed by atoms with Gasteiger partial charge in [0.25, 0.3) is 0 Å². The first-order chi connectivity index (χ1) is 15.4. The summed E-state index contributed by atoms with van der Waals surface area (Å²) in [5, 5.41) is 12.5. The third kappa shape index (κ3) is 5.11. The van der Waals surface area contributed by atoms with Gasteiger partial charge in [-0.15, -0.1) is 10.2 Å². The number of carbonyl (C=O) groups excluding carboxylic acids is 1. The number of nitrogens with one attached hydrogen (secondary N) is 1. The third-order valence-corrected chi connectivity index (χ3v) is 6.44. The van der Waals surface area contributed by atoms with Gasteiger partial charge in [0.2, 0.25) is 5.91 Å². The topological polar surface area (TPSA) is 59.8 Å². The Hall–Kier alpha value is -2.90. The van der Waals surface area contributed by atoms with Crippen LogP contribution in [0.1, 0.15) is 16.7 Å². The third-order valence-electron chi connectivity index (χ3n) is 4.98. The summed E-state index contributed by atoms with van der Waals surface area (Å²) in [5.74, 6) is 0.892. The van der Waals surface area contributed by atoms with E-state index in [1.54, 1.807) is 0 Å². The van der Waals surface area contributed by atoms with Crippen LogP contribution >= 0.6 is 27.7 Å². The van der Waals surface area contributed by atoms with Crippen molar-refractivity contribution in [3.63, 3.8) is 0 Å². The lowest BCUT2D eigenvalue weighted by molar-refractivity contribution is -0.113. The molecule has 0 aliphatic carbocycles. The van der Waals surface area contributed by atoms with Gasteiger partial charge in [-0.2, -0.15) is 0 Å². The van der Waals surface area contributed by atoms with Crippen LogP contribution in [0.15, 0.2) is 76.4 Å². The zero-order chi connectivity index (χ0) is 22.7. The molecule has 4 aromatic rings. The molecular formula is C25H23BrN4OS. The number of amides is 1. The largest absolute Gasteiger partial charge is 0.325 e. The molecule has 1 amide bonds. The summed E-state index contributed by atoms with van der Waals surface area (Å²) in [7, 11) is 0. The summed E-state index contributed by atoms with van der Waals surface area (Å²) in [5.41, 5.74) is 6.10. The molecule has 3 aromatic carbocycles. The summed E-state index contributed by atoms with van der Waals surface area (Å²) in [4.78, 5) is 12.6. The lowest BCUT2D eigenvalue weighted by Crippen LogP contribution is -2.15. The molecule has 1 N–H and O–H groups in total. The van der Waals surface area contributed by atoms with Crippen molar-refractivity contribution in [3.05, 3.63) is 87.9 Å². The molecule has 5 nitrogen and oxygen atoms in total. The van der Waals surface area contributed by atoms with Crippen molar-refractivity contribution in [1.29, 1.82) is 0 Å². The van der Waals surface area contributed by atoms with Gasteiger partial charge < -0.3 is 5.32 Å². The SMILES string of the molecule is Cc1cccc(-n2c(SCC(=O)Nc3ccc(C)cc3C)nnc2-c2ccc(Br)cc2)c1. The fraction of sp³-hybridized carbons (Fsp3) is 0.160. The molecular weight excluding hydrogens is 484 g/mol. The maximum Gasteiger partial charge on any atom is 0.234 e. The fourth-order valence-electron chi connectivity index (χ4n) is 3.42. The van der Waals surface area contributed by atoms with Crippen molar-refractivity contribution >= 4 is 39.3 Å². The molecule has 4 rings (SSSR count). The maximum atomic E-state index is 12.6. The van der Waals surface area contributed by atoms with E-state index in [2.05, 4.69) is 56.6 Å². The molecule has 32 heavy (non-hydrogen) atoms. The van der Waals surface area contributed by atoms with Crippen LogP contribution < -0.4 is 5.32 Å². The van der Waals surface area contributed by atoms with E-state index in [0.717, 1.165) is 38.4 Å². The minimum atomic E-state index is -0.0778. The number of anilines is 1. The average Bonchev–Trinajstić information content (AvgIpc) is 3.19. The number of benzene rings is 3. The summed E-state index contributed by atoms with van der Waals surface area (Å²) >= 11 is 4.85. The van der Waals surface area contributed by atoms with Gasteiger partial charge in [-0.05, 0) is 62.2 Å². The predicted octanol–water partition coefficient (Wildman–Crippen LogP) is 6.35. The Bertz CT molecular complexity index is 1270. The molecule has 0 aliphatic rings. The minimum absolute atomic E-state index is 0.0778. The highest BCUT2D eigenvalue weighted by Crippen LogP contribution is 2.29. The molecule has 0 aliphatic heterocycles. The van der Waals surface area contributed by atoms with Crippen LogP contribution in [-0.2, 0) is 4.79 Å². The molecule has 162 valence electrons. The van der Waals surface area contributed by atoms with E-state index >= 15 is 0 Å². The molecule has 0 bridgehead atoms. The molecule has 0 saturated carbocycles. The van der Waals surface area contributed by atoms with Gasteiger partial charge >= 0.3 is 0 Å². The summed E-state index contributed by atoms with van der Waals surface area (Å²) < 4.78 is 3.01. The Morgan fingerprint density at radius 3 is 2.44 bits per heavy atom. The van der Waals surface area contributed by atoms with Crippen molar-refractivity contribution in [3.8, 4) is 17.1 Å². The van der Waals surface area contributed by atoms with Gasteiger partial charge in [-0.25, -0.2) is 0 Å². The summed E-state index contributed by atoms with van der Waals surface area (Å²) in [6, 6.07) is 22.1. The lowest BCUT2D eigenvalue weighted by Gasteiger charge is -2.12. The highest BCUT2D eigenvalue weighted by molar-refractivity contribution is 9.10. The van der Waals surface area contributed by atoms with Gasteiger partial charge in [0, 0.05) is 21.4 Å². The van der Waals surface area contributed by atoms with Crippen molar-refractivity contribution in [2.75, 3.05) is 11.1 Å². The maximum absolute atomic E-state index is 12.6. The average molecular weight is 507 g/mol. The second kappa shape index (κ2) is 9.71. The van der Waals surface area contributed by atoms with Crippen molar-refractivity contribution in [2.24, 2.45) is 0 Å². The van der Waals surface area contributed by atoms with Crippen LogP contribution in [0, 0.1) is 20.8 Å². The van der Waals surface area contributed by atoms with E-state index in [-0.39, 0.29) is 11.7 Å². The van der Waals surface area contributed by atoms with Crippen LogP contribution in [0.4, 0.5) is 5.69 Å². The molecule has 7 heteroatoms. The quantitative estimate of drug-likeness (QED) is 0.309. The van der Waals surface area contributed by atoms with Gasteiger partial charge in [0.15, 0.2) is 11.0 Å². The number of hydrogen-bond acceptors (Lipinski definition) is 4. The predicted molar refractivity (Wildman–Crippen MR) is 135 cm³/mol. The van der Waals surface area contributed by atoms with Crippen molar-refractivity contribution in [2.45, 2.75) is 25.9 Å². The molecule has 1 heterocycles. The monoisotopic (exact) mass is 506 g/mol. The van der Waals surface area contributed by atoms with Gasteiger partial charge in [-0.1, -0.05) is 69.7 Å². The van der Waals surface area contributed by atoms with Crippen molar-refractivity contribution < 1.29 is 4.79 Å². The molecule has 0 fully saturated rings. The zero-order valence-electron chi connectivity index (χ0n) is 18.1. The zero-order valence-corrected chi connectivity index (χ0v) is 20.5. The normalized spacial score (nSPS) is 10.9. The van der Waals surface area contributed by atoms with E-state index in [9.17, 15) is 4.79 Å². The van der Waals surface area contributed by atoms with Gasteiger partial charge in [0.1, 0.15) is 0 Å². The Kier molecular flexibility index (Phi) is 6.77. The standard InChI is InChI=1S/C25H23BrN4OS/c1-16-5-4-6-21(14-16)30-24(19-8-10-20(26)11-9-19)28-29-25(30)32-15-23(31)27-22-12-7-17(2)13-18(22)3/h4-14H,15H2,1-3H3,(H,27,31). The first-order valence-corrected chi connectivity index (χ1v) is 12.0. The summed E-state index contributed by atoms with van der Waals surface area (Å²) in [6.45, 7) is 6.08. The van der Waals surface area contributed by atoms with E-state index < -0.39 is 0 Å². The van der Waals surface area contributed by atoms with Crippen LogP contribution in [0.25, 0.3) is 17.1 Å². The number of nitrogens with zero attached hydrogens (tertiary/aromatic N) is 3.